The summed E-state index contributed by atoms with van der Waals surface area (Å²) in [5.74, 6) is -1.29. The molecule has 0 atom stereocenters. The first-order valence-electron chi connectivity index (χ1n) is 4.33. The maximum atomic E-state index is 11.4. The number of pyridine rings is 1. The molecule has 4 N–H and O–H groups in total. The number of hydrogen-bond donors (Lipinski definition) is 3. The van der Waals surface area contributed by atoms with Crippen molar-refractivity contribution in [3.63, 3.8) is 0 Å². The minimum atomic E-state index is -3.61. The van der Waals surface area contributed by atoms with E-state index in [0.29, 0.717) is 0 Å². The van der Waals surface area contributed by atoms with Crippen molar-refractivity contribution < 1.29 is 18.3 Å². The maximum Gasteiger partial charge on any atom is 0.273 e. The van der Waals surface area contributed by atoms with Crippen LogP contribution in [0.25, 0.3) is 0 Å². The summed E-state index contributed by atoms with van der Waals surface area (Å²) >= 11 is 0. The Morgan fingerprint density at radius 3 is 2.81 bits per heavy atom. The summed E-state index contributed by atoms with van der Waals surface area (Å²) in [5, 5.41) is 16.3. The molecule has 0 radical (unpaired) electrons. The van der Waals surface area contributed by atoms with Gasteiger partial charge in [0.25, 0.3) is 5.91 Å². The average molecular weight is 245 g/mol. The second kappa shape index (κ2) is 4.90. The van der Waals surface area contributed by atoms with Crippen LogP contribution in [0, 0.1) is 0 Å². The molecule has 0 spiro atoms. The van der Waals surface area contributed by atoms with E-state index in [1.807, 2.05) is 0 Å². The minimum Gasteiger partial charge on any atom is -0.505 e. The molecule has 16 heavy (non-hydrogen) atoms. The highest BCUT2D eigenvalue weighted by atomic mass is 32.2. The Bertz CT molecular complexity index is 486. The van der Waals surface area contributed by atoms with E-state index in [1.165, 1.54) is 18.3 Å². The van der Waals surface area contributed by atoms with Crippen molar-refractivity contribution in [2.24, 2.45) is 5.14 Å². The van der Waals surface area contributed by atoms with Crippen LogP contribution >= 0.6 is 0 Å². The van der Waals surface area contributed by atoms with Gasteiger partial charge < -0.3 is 10.4 Å². The van der Waals surface area contributed by atoms with Crippen molar-refractivity contribution in [2.75, 3.05) is 12.3 Å². The lowest BCUT2D eigenvalue weighted by molar-refractivity contribution is 0.0948. The van der Waals surface area contributed by atoms with Gasteiger partial charge in [-0.05, 0) is 12.1 Å². The summed E-state index contributed by atoms with van der Waals surface area (Å²) in [6.07, 6.45) is 1.34. The molecule has 0 saturated carbocycles. The van der Waals surface area contributed by atoms with Crippen LogP contribution in [-0.2, 0) is 10.0 Å². The molecule has 1 rings (SSSR count). The largest absolute Gasteiger partial charge is 0.505 e. The van der Waals surface area contributed by atoms with E-state index < -0.39 is 15.9 Å². The first-order chi connectivity index (χ1) is 7.40. The predicted molar refractivity (Wildman–Crippen MR) is 56.2 cm³/mol. The van der Waals surface area contributed by atoms with Gasteiger partial charge in [0.1, 0.15) is 5.75 Å². The summed E-state index contributed by atoms with van der Waals surface area (Å²) in [7, 11) is -3.61. The van der Waals surface area contributed by atoms with E-state index in [4.69, 9.17) is 5.14 Å². The Morgan fingerprint density at radius 2 is 2.25 bits per heavy atom. The number of nitrogens with one attached hydrogen (secondary N) is 1. The Balaban J connectivity index is 2.57. The molecule has 88 valence electrons. The van der Waals surface area contributed by atoms with Crippen LogP contribution < -0.4 is 10.5 Å². The number of rotatable bonds is 4. The van der Waals surface area contributed by atoms with Crippen molar-refractivity contribution in [1.29, 1.82) is 0 Å². The summed E-state index contributed by atoms with van der Waals surface area (Å²) < 4.78 is 21.2. The topological polar surface area (TPSA) is 122 Å². The molecule has 1 aromatic heterocycles. The number of primary sulfonamides is 1. The fraction of sp³-hybridized carbons (Fsp3) is 0.250. The standard InChI is InChI=1S/C8H11N3O4S/c9-16(14,15)5-4-11-8(13)7-6(12)2-1-3-10-7/h1-3,12H,4-5H2,(H,11,13)(H2,9,14,15). The highest BCUT2D eigenvalue weighted by Gasteiger charge is 2.12. The van der Waals surface area contributed by atoms with E-state index in [9.17, 15) is 18.3 Å². The van der Waals surface area contributed by atoms with E-state index in [0.717, 1.165) is 0 Å². The Labute approximate surface area is 92.4 Å². The molecule has 0 aliphatic heterocycles. The number of aromatic hydroxyl groups is 1. The van der Waals surface area contributed by atoms with Gasteiger partial charge in [-0.15, -0.1) is 0 Å². The second-order valence-electron chi connectivity index (χ2n) is 2.99. The smallest absolute Gasteiger partial charge is 0.273 e. The van der Waals surface area contributed by atoms with Crippen molar-refractivity contribution in [2.45, 2.75) is 0 Å². The summed E-state index contributed by atoms with van der Waals surface area (Å²) in [6, 6.07) is 2.78. The Hall–Kier alpha value is -1.67. The molecular formula is C8H11N3O4S. The van der Waals surface area contributed by atoms with Crippen molar-refractivity contribution in [3.05, 3.63) is 24.0 Å². The van der Waals surface area contributed by atoms with Gasteiger partial charge in [0.2, 0.25) is 10.0 Å². The van der Waals surface area contributed by atoms with Gasteiger partial charge in [-0.3, -0.25) is 4.79 Å². The van der Waals surface area contributed by atoms with Gasteiger partial charge >= 0.3 is 0 Å². The SMILES string of the molecule is NS(=O)(=O)CCNC(=O)c1ncccc1O. The monoisotopic (exact) mass is 245 g/mol. The highest BCUT2D eigenvalue weighted by Crippen LogP contribution is 2.11. The highest BCUT2D eigenvalue weighted by molar-refractivity contribution is 7.89. The van der Waals surface area contributed by atoms with Crippen molar-refractivity contribution >= 4 is 15.9 Å². The number of hydrogen-bond acceptors (Lipinski definition) is 5. The molecule has 0 aliphatic carbocycles. The molecule has 0 unspecified atom stereocenters. The van der Waals surface area contributed by atoms with Gasteiger partial charge in [0, 0.05) is 12.7 Å². The predicted octanol–water partition coefficient (Wildman–Crippen LogP) is -1.19. The average Bonchev–Trinajstić information content (AvgIpc) is 2.16. The third-order valence-corrected chi connectivity index (χ3v) is 2.45. The Morgan fingerprint density at radius 1 is 1.56 bits per heavy atom. The van der Waals surface area contributed by atoms with Crippen molar-refractivity contribution in [3.8, 4) is 5.75 Å². The summed E-state index contributed by atoms with van der Waals surface area (Å²) in [6.45, 7) is -0.131. The molecule has 0 aliphatic rings. The molecule has 0 aromatic carbocycles. The molecule has 8 heteroatoms. The molecule has 1 aromatic rings. The van der Waals surface area contributed by atoms with Crippen LogP contribution in [0.5, 0.6) is 5.75 Å². The molecule has 0 bridgehead atoms. The van der Waals surface area contributed by atoms with Crippen LogP contribution in [0.15, 0.2) is 18.3 Å². The Kier molecular flexibility index (Phi) is 3.80. The van der Waals surface area contributed by atoms with E-state index in [-0.39, 0.29) is 23.7 Å². The number of nitrogens with two attached hydrogens (primary N) is 1. The number of sulfonamides is 1. The van der Waals surface area contributed by atoms with Gasteiger partial charge in [0.05, 0.1) is 5.75 Å². The normalized spacial score (nSPS) is 11.1. The van der Waals surface area contributed by atoms with Crippen molar-refractivity contribution in [1.82, 2.24) is 10.3 Å². The number of nitrogens with zero attached hydrogens (tertiary/aromatic N) is 1. The zero-order valence-electron chi connectivity index (χ0n) is 8.25. The summed E-state index contributed by atoms with van der Waals surface area (Å²) in [5.41, 5.74) is -0.156. The van der Waals surface area contributed by atoms with Crippen LogP contribution in [0.1, 0.15) is 10.5 Å². The quantitative estimate of drug-likeness (QED) is 0.615. The molecular weight excluding hydrogens is 234 g/mol. The first kappa shape index (κ1) is 12.4. The molecule has 0 fully saturated rings. The van der Waals surface area contributed by atoms with Crippen LogP contribution in [0.2, 0.25) is 0 Å². The molecule has 1 heterocycles. The number of amides is 1. The lowest BCUT2D eigenvalue weighted by atomic mass is 10.3. The second-order valence-corrected chi connectivity index (χ2v) is 4.73. The third kappa shape index (κ3) is 3.83. The molecule has 7 nitrogen and oxygen atoms in total. The first-order valence-corrected chi connectivity index (χ1v) is 6.04. The van der Waals surface area contributed by atoms with Gasteiger partial charge in [-0.2, -0.15) is 0 Å². The summed E-state index contributed by atoms with van der Waals surface area (Å²) in [4.78, 5) is 15.0. The van der Waals surface area contributed by atoms with Crippen LogP contribution in [0.3, 0.4) is 0 Å². The lowest BCUT2D eigenvalue weighted by Gasteiger charge is -2.04. The number of carbonyl (C=O) groups is 1. The fourth-order valence-corrected chi connectivity index (χ4v) is 1.35. The van der Waals surface area contributed by atoms with E-state index >= 15 is 0 Å². The zero-order chi connectivity index (χ0) is 12.2. The maximum absolute atomic E-state index is 11.4. The van der Waals surface area contributed by atoms with Gasteiger partial charge in [0.15, 0.2) is 5.69 Å². The van der Waals surface area contributed by atoms with Gasteiger partial charge in [-0.25, -0.2) is 18.5 Å². The van der Waals surface area contributed by atoms with E-state index in [2.05, 4.69) is 10.3 Å². The van der Waals surface area contributed by atoms with Crippen LogP contribution in [0.4, 0.5) is 0 Å². The van der Waals surface area contributed by atoms with E-state index in [1.54, 1.807) is 0 Å². The lowest BCUT2D eigenvalue weighted by Crippen LogP contribution is -2.31. The number of carbonyl (C=O) groups excluding carboxylic acids is 1. The third-order valence-electron chi connectivity index (χ3n) is 1.67. The fourth-order valence-electron chi connectivity index (χ4n) is 0.962. The molecule has 0 saturated heterocycles. The number of aromatic nitrogens is 1. The molecule has 1 amide bonds. The van der Waals surface area contributed by atoms with Gasteiger partial charge in [-0.1, -0.05) is 0 Å². The van der Waals surface area contributed by atoms with Crippen LogP contribution in [-0.4, -0.2) is 36.7 Å². The minimum absolute atomic E-state index is 0.131. The zero-order valence-corrected chi connectivity index (χ0v) is 9.07.